The molecule has 136 valence electrons. The Morgan fingerprint density at radius 3 is 2.42 bits per heavy atom. The Kier molecular flexibility index (Phi) is 6.24. The van der Waals surface area contributed by atoms with Crippen molar-refractivity contribution in [1.82, 2.24) is 4.98 Å². The molecule has 0 amide bonds. The van der Waals surface area contributed by atoms with Crippen LogP contribution in [-0.4, -0.2) is 37.5 Å². The van der Waals surface area contributed by atoms with E-state index in [-0.39, 0.29) is 0 Å². The molecule has 7 nitrogen and oxygen atoms in total. The van der Waals surface area contributed by atoms with E-state index in [1.54, 1.807) is 24.4 Å². The molecule has 0 radical (unpaired) electrons. The monoisotopic (exact) mass is 374 g/mol. The minimum atomic E-state index is -3.39. The first-order valence-electron chi connectivity index (χ1n) is 7.66. The summed E-state index contributed by atoms with van der Waals surface area (Å²) in [6, 6.07) is 11.1. The quantitative estimate of drug-likeness (QED) is 0.453. The van der Waals surface area contributed by atoms with Crippen molar-refractivity contribution in [3.8, 4) is 0 Å². The second kappa shape index (κ2) is 8.39. The number of carbonyl (C=O) groups excluding carboxylic acids is 2. The molecule has 0 aliphatic rings. The molecule has 26 heavy (non-hydrogen) atoms. The summed E-state index contributed by atoms with van der Waals surface area (Å²) in [5.41, 5.74) is 1.24. The topological polar surface area (TPSA) is 102 Å². The number of aromatic nitrogens is 1. The number of benzene rings is 1. The zero-order valence-electron chi connectivity index (χ0n) is 14.2. The maximum atomic E-state index is 12.3. The molecular formula is C18H18N2O5S. The van der Waals surface area contributed by atoms with Gasteiger partial charge in [0.15, 0.2) is 6.10 Å². The molecule has 0 bridgehead atoms. The van der Waals surface area contributed by atoms with Gasteiger partial charge in [0, 0.05) is 23.5 Å². The third kappa shape index (κ3) is 6.14. The van der Waals surface area contributed by atoms with Crippen LogP contribution in [0.3, 0.4) is 0 Å². The third-order valence-electron chi connectivity index (χ3n) is 3.21. The van der Waals surface area contributed by atoms with Crippen LogP contribution in [0.2, 0.25) is 0 Å². The van der Waals surface area contributed by atoms with Gasteiger partial charge >= 0.3 is 5.97 Å². The number of rotatable bonds is 7. The fourth-order valence-electron chi connectivity index (χ4n) is 2.05. The number of pyridine rings is 1. The third-order valence-corrected chi connectivity index (χ3v) is 3.82. The van der Waals surface area contributed by atoms with E-state index in [0.29, 0.717) is 16.9 Å². The van der Waals surface area contributed by atoms with E-state index in [4.69, 9.17) is 4.74 Å². The maximum absolute atomic E-state index is 12.3. The average Bonchev–Trinajstić information content (AvgIpc) is 2.59. The zero-order valence-corrected chi connectivity index (χ0v) is 15.1. The van der Waals surface area contributed by atoms with Crippen LogP contribution in [0.15, 0.2) is 54.7 Å². The lowest BCUT2D eigenvalue weighted by atomic mass is 10.1. The molecule has 1 N–H and O–H groups in total. The Bertz CT molecular complexity index is 906. The second-order valence-corrected chi connectivity index (χ2v) is 7.23. The first kappa shape index (κ1) is 19.3. The predicted octanol–water partition coefficient (Wildman–Crippen LogP) is 2.28. The molecule has 2 aromatic rings. The number of carbonyl (C=O) groups is 2. The lowest BCUT2D eigenvalue weighted by molar-refractivity contribution is -0.140. The SMILES string of the molecule is CC(OC(=O)C=Cc1ccccn1)C(=O)c1ccc(NS(C)(=O)=O)cc1. The highest BCUT2D eigenvalue weighted by atomic mass is 32.2. The number of hydrogen-bond donors (Lipinski definition) is 1. The summed E-state index contributed by atoms with van der Waals surface area (Å²) in [4.78, 5) is 28.1. The molecule has 1 unspecified atom stereocenters. The number of sulfonamides is 1. The molecule has 0 saturated carbocycles. The second-order valence-electron chi connectivity index (χ2n) is 5.48. The van der Waals surface area contributed by atoms with Crippen LogP contribution < -0.4 is 4.72 Å². The van der Waals surface area contributed by atoms with Crippen LogP contribution in [0, 0.1) is 0 Å². The van der Waals surface area contributed by atoms with Gasteiger partial charge in [0.1, 0.15) is 0 Å². The van der Waals surface area contributed by atoms with Crippen molar-refractivity contribution in [2.24, 2.45) is 0 Å². The molecule has 0 fully saturated rings. The van der Waals surface area contributed by atoms with E-state index < -0.39 is 27.9 Å². The Morgan fingerprint density at radius 2 is 1.85 bits per heavy atom. The van der Waals surface area contributed by atoms with Crippen molar-refractivity contribution in [1.29, 1.82) is 0 Å². The fourth-order valence-corrected chi connectivity index (χ4v) is 2.61. The van der Waals surface area contributed by atoms with Crippen LogP contribution in [0.5, 0.6) is 0 Å². The van der Waals surface area contributed by atoms with Gasteiger partial charge in [-0.05, 0) is 49.4 Å². The van der Waals surface area contributed by atoms with E-state index in [0.717, 1.165) is 6.26 Å². The number of ether oxygens (including phenoxy) is 1. The summed E-state index contributed by atoms with van der Waals surface area (Å²) in [6.45, 7) is 1.47. The van der Waals surface area contributed by atoms with E-state index >= 15 is 0 Å². The number of nitrogens with one attached hydrogen (secondary N) is 1. The summed E-state index contributed by atoms with van der Waals surface area (Å²) >= 11 is 0. The number of Topliss-reactive ketones (excluding diaryl/α,β-unsaturated/α-hetero) is 1. The molecule has 1 aromatic carbocycles. The van der Waals surface area contributed by atoms with Crippen LogP contribution in [0.1, 0.15) is 23.0 Å². The molecule has 0 saturated heterocycles. The molecule has 0 spiro atoms. The van der Waals surface area contributed by atoms with Crippen molar-refractivity contribution in [2.75, 3.05) is 11.0 Å². The predicted molar refractivity (Wildman–Crippen MR) is 98.1 cm³/mol. The summed E-state index contributed by atoms with van der Waals surface area (Å²) < 4.78 is 29.7. The normalized spacial score (nSPS) is 12.5. The molecule has 0 aliphatic heterocycles. The van der Waals surface area contributed by atoms with Gasteiger partial charge < -0.3 is 4.74 Å². The average molecular weight is 374 g/mol. The summed E-state index contributed by atoms with van der Waals surface area (Å²) in [5, 5.41) is 0. The highest BCUT2D eigenvalue weighted by molar-refractivity contribution is 7.92. The van der Waals surface area contributed by atoms with Gasteiger partial charge in [-0.1, -0.05) is 6.07 Å². The lowest BCUT2D eigenvalue weighted by Crippen LogP contribution is -2.23. The highest BCUT2D eigenvalue weighted by Crippen LogP contribution is 2.13. The summed E-state index contributed by atoms with van der Waals surface area (Å²) in [7, 11) is -3.39. The van der Waals surface area contributed by atoms with Crippen LogP contribution in [0.25, 0.3) is 6.08 Å². The smallest absolute Gasteiger partial charge is 0.331 e. The van der Waals surface area contributed by atoms with E-state index in [9.17, 15) is 18.0 Å². The number of hydrogen-bond acceptors (Lipinski definition) is 6. The molecule has 0 aliphatic carbocycles. The molecule has 1 aromatic heterocycles. The van der Waals surface area contributed by atoms with Gasteiger partial charge in [-0.2, -0.15) is 0 Å². The molecule has 1 heterocycles. The van der Waals surface area contributed by atoms with Gasteiger partial charge in [0.25, 0.3) is 0 Å². The van der Waals surface area contributed by atoms with Crippen molar-refractivity contribution in [3.05, 3.63) is 66.0 Å². The van der Waals surface area contributed by atoms with Gasteiger partial charge in [-0.3, -0.25) is 14.5 Å². The van der Waals surface area contributed by atoms with E-state index in [1.165, 1.54) is 43.3 Å². The van der Waals surface area contributed by atoms with Crippen LogP contribution >= 0.6 is 0 Å². The molecular weight excluding hydrogens is 356 g/mol. The fraction of sp³-hybridized carbons (Fsp3) is 0.167. The Hall–Kier alpha value is -3.00. The number of nitrogens with zero attached hydrogens (tertiary/aromatic N) is 1. The Balaban J connectivity index is 1.96. The van der Waals surface area contributed by atoms with E-state index in [2.05, 4.69) is 9.71 Å². The molecule has 1 atom stereocenters. The van der Waals surface area contributed by atoms with E-state index in [1.807, 2.05) is 0 Å². The lowest BCUT2D eigenvalue weighted by Gasteiger charge is -2.11. The number of anilines is 1. The Labute approximate surface area is 151 Å². The largest absolute Gasteiger partial charge is 0.451 e. The van der Waals surface area contributed by atoms with Crippen molar-refractivity contribution in [2.45, 2.75) is 13.0 Å². The first-order chi connectivity index (χ1) is 12.2. The minimum Gasteiger partial charge on any atom is -0.451 e. The molecule has 2 rings (SSSR count). The molecule has 8 heteroatoms. The summed E-state index contributed by atoms with van der Waals surface area (Å²) in [5.74, 6) is -1.05. The summed E-state index contributed by atoms with van der Waals surface area (Å²) in [6.07, 6.45) is 4.34. The van der Waals surface area contributed by atoms with Crippen LogP contribution in [0.4, 0.5) is 5.69 Å². The maximum Gasteiger partial charge on any atom is 0.331 e. The first-order valence-corrected chi connectivity index (χ1v) is 9.55. The van der Waals surface area contributed by atoms with Gasteiger partial charge in [-0.25, -0.2) is 13.2 Å². The zero-order chi connectivity index (χ0) is 19.2. The minimum absolute atomic E-state index is 0.304. The van der Waals surface area contributed by atoms with Crippen LogP contribution in [-0.2, 0) is 19.6 Å². The number of ketones is 1. The highest BCUT2D eigenvalue weighted by Gasteiger charge is 2.18. The van der Waals surface area contributed by atoms with Crippen molar-refractivity contribution >= 4 is 33.5 Å². The van der Waals surface area contributed by atoms with Crippen molar-refractivity contribution < 1.29 is 22.7 Å². The Morgan fingerprint density at radius 1 is 1.15 bits per heavy atom. The van der Waals surface area contributed by atoms with Gasteiger partial charge in [-0.15, -0.1) is 0 Å². The standard InChI is InChI=1S/C18H18N2O5S/c1-13(25-17(21)11-10-15-5-3-4-12-19-15)18(22)14-6-8-16(9-7-14)20-26(2,23)24/h3-13,20H,1-2H3. The van der Waals surface area contributed by atoms with Gasteiger partial charge in [0.2, 0.25) is 15.8 Å². The van der Waals surface area contributed by atoms with Crippen molar-refractivity contribution in [3.63, 3.8) is 0 Å². The number of esters is 1. The van der Waals surface area contributed by atoms with Gasteiger partial charge in [0.05, 0.1) is 11.9 Å².